The van der Waals surface area contributed by atoms with E-state index >= 15 is 0 Å². The molecule has 4 heteroatoms. The molecule has 0 aromatic carbocycles. The quantitative estimate of drug-likeness (QED) is 0.751. The number of amides is 1. The highest BCUT2D eigenvalue weighted by Crippen LogP contribution is 2.25. The number of aliphatic hydroxyl groups excluding tert-OH is 1. The molecule has 92 valence electrons. The van der Waals surface area contributed by atoms with Gasteiger partial charge in [0.15, 0.2) is 0 Å². The molecule has 1 aliphatic heterocycles. The van der Waals surface area contributed by atoms with Crippen molar-refractivity contribution < 1.29 is 14.6 Å². The SMILES string of the molecule is CCC1OCCCC1C(=O)NC1CC(O)C1. The van der Waals surface area contributed by atoms with E-state index in [1.54, 1.807) is 0 Å². The Kier molecular flexibility index (Phi) is 3.82. The lowest BCUT2D eigenvalue weighted by Gasteiger charge is -2.36. The molecule has 0 aromatic rings. The van der Waals surface area contributed by atoms with Crippen molar-refractivity contribution in [2.45, 2.75) is 57.3 Å². The van der Waals surface area contributed by atoms with Gasteiger partial charge >= 0.3 is 0 Å². The Balaban J connectivity index is 1.82. The summed E-state index contributed by atoms with van der Waals surface area (Å²) in [4.78, 5) is 12.0. The maximum absolute atomic E-state index is 12.0. The van der Waals surface area contributed by atoms with Gasteiger partial charge in [0, 0.05) is 12.6 Å². The van der Waals surface area contributed by atoms with E-state index in [1.807, 2.05) is 0 Å². The molecule has 1 saturated heterocycles. The molecule has 0 bridgehead atoms. The number of carbonyl (C=O) groups excluding carboxylic acids is 1. The predicted molar refractivity (Wildman–Crippen MR) is 59.9 cm³/mol. The fourth-order valence-electron chi connectivity index (χ4n) is 2.56. The van der Waals surface area contributed by atoms with Gasteiger partial charge in [-0.25, -0.2) is 0 Å². The number of hydrogen-bond donors (Lipinski definition) is 2. The molecule has 1 heterocycles. The number of rotatable bonds is 3. The molecule has 2 rings (SSSR count). The van der Waals surface area contributed by atoms with Crippen LogP contribution in [0.5, 0.6) is 0 Å². The second-order valence-electron chi connectivity index (χ2n) is 4.90. The van der Waals surface area contributed by atoms with E-state index in [9.17, 15) is 4.79 Å². The molecule has 2 N–H and O–H groups in total. The zero-order chi connectivity index (χ0) is 11.5. The van der Waals surface area contributed by atoms with Crippen LogP contribution in [0.1, 0.15) is 39.0 Å². The molecular formula is C12H21NO3. The third kappa shape index (κ3) is 2.55. The Morgan fingerprint density at radius 1 is 1.50 bits per heavy atom. The van der Waals surface area contributed by atoms with Crippen LogP contribution in [0.3, 0.4) is 0 Å². The van der Waals surface area contributed by atoms with E-state index < -0.39 is 0 Å². The van der Waals surface area contributed by atoms with E-state index in [-0.39, 0.29) is 30.1 Å². The Labute approximate surface area is 96.4 Å². The van der Waals surface area contributed by atoms with Gasteiger partial charge in [0.05, 0.1) is 18.1 Å². The van der Waals surface area contributed by atoms with Gasteiger partial charge in [0.1, 0.15) is 0 Å². The number of carbonyl (C=O) groups is 1. The molecule has 1 saturated carbocycles. The van der Waals surface area contributed by atoms with Crippen molar-refractivity contribution in [3.63, 3.8) is 0 Å². The van der Waals surface area contributed by atoms with Crippen LogP contribution in [-0.4, -0.2) is 35.9 Å². The van der Waals surface area contributed by atoms with Gasteiger partial charge in [-0.05, 0) is 32.1 Å². The first-order chi connectivity index (χ1) is 7.70. The van der Waals surface area contributed by atoms with Crippen LogP contribution in [0.15, 0.2) is 0 Å². The Morgan fingerprint density at radius 2 is 2.25 bits per heavy atom. The Hall–Kier alpha value is -0.610. The third-order valence-corrected chi connectivity index (χ3v) is 3.64. The summed E-state index contributed by atoms with van der Waals surface area (Å²) in [5.41, 5.74) is 0. The van der Waals surface area contributed by atoms with E-state index in [0.717, 1.165) is 25.9 Å². The van der Waals surface area contributed by atoms with Crippen LogP contribution in [0.25, 0.3) is 0 Å². The molecule has 2 atom stereocenters. The zero-order valence-corrected chi connectivity index (χ0v) is 9.82. The van der Waals surface area contributed by atoms with Crippen LogP contribution >= 0.6 is 0 Å². The van der Waals surface area contributed by atoms with Gasteiger partial charge in [-0.3, -0.25) is 4.79 Å². The van der Waals surface area contributed by atoms with Crippen LogP contribution in [0.4, 0.5) is 0 Å². The molecule has 0 aromatic heterocycles. The topological polar surface area (TPSA) is 58.6 Å². The number of nitrogens with one attached hydrogen (secondary N) is 1. The van der Waals surface area contributed by atoms with Crippen LogP contribution in [0.2, 0.25) is 0 Å². The second kappa shape index (κ2) is 5.15. The normalized spacial score (nSPS) is 38.9. The summed E-state index contributed by atoms with van der Waals surface area (Å²) in [6.07, 6.45) is 4.08. The van der Waals surface area contributed by atoms with Crippen LogP contribution in [-0.2, 0) is 9.53 Å². The van der Waals surface area contributed by atoms with E-state index in [0.29, 0.717) is 12.8 Å². The maximum atomic E-state index is 12.0. The molecule has 4 nitrogen and oxygen atoms in total. The highest BCUT2D eigenvalue weighted by atomic mass is 16.5. The highest BCUT2D eigenvalue weighted by molar-refractivity contribution is 5.79. The summed E-state index contributed by atoms with van der Waals surface area (Å²) >= 11 is 0. The number of aliphatic hydroxyl groups is 1. The van der Waals surface area contributed by atoms with Crippen molar-refractivity contribution in [1.82, 2.24) is 5.32 Å². The fourth-order valence-corrected chi connectivity index (χ4v) is 2.56. The molecule has 0 radical (unpaired) electrons. The first-order valence-electron chi connectivity index (χ1n) is 6.30. The highest BCUT2D eigenvalue weighted by Gasteiger charge is 2.34. The largest absolute Gasteiger partial charge is 0.393 e. The molecule has 1 aliphatic carbocycles. The Bertz CT molecular complexity index is 251. The smallest absolute Gasteiger partial charge is 0.225 e. The average molecular weight is 227 g/mol. The fraction of sp³-hybridized carbons (Fsp3) is 0.917. The second-order valence-corrected chi connectivity index (χ2v) is 4.90. The molecule has 0 spiro atoms. The molecule has 1 amide bonds. The van der Waals surface area contributed by atoms with Crippen molar-refractivity contribution in [2.75, 3.05) is 6.61 Å². The summed E-state index contributed by atoms with van der Waals surface area (Å²) < 4.78 is 5.60. The van der Waals surface area contributed by atoms with Crippen LogP contribution in [0, 0.1) is 5.92 Å². The third-order valence-electron chi connectivity index (χ3n) is 3.64. The molecular weight excluding hydrogens is 206 g/mol. The lowest BCUT2D eigenvalue weighted by atomic mass is 9.87. The molecule has 16 heavy (non-hydrogen) atoms. The van der Waals surface area contributed by atoms with E-state index in [2.05, 4.69) is 12.2 Å². The summed E-state index contributed by atoms with van der Waals surface area (Å²) in [6, 6.07) is 0.182. The number of ether oxygens (including phenoxy) is 1. The first-order valence-corrected chi connectivity index (χ1v) is 6.30. The standard InChI is InChI=1S/C12H21NO3/c1-2-11-10(4-3-5-16-11)12(15)13-8-6-9(14)7-8/h8-11,14H,2-7H2,1H3,(H,13,15). The van der Waals surface area contributed by atoms with Crippen molar-refractivity contribution >= 4 is 5.91 Å². The maximum Gasteiger partial charge on any atom is 0.225 e. The van der Waals surface area contributed by atoms with Crippen LogP contribution < -0.4 is 5.32 Å². The summed E-state index contributed by atoms with van der Waals surface area (Å²) in [5, 5.41) is 12.2. The van der Waals surface area contributed by atoms with Gasteiger partial charge in [0.25, 0.3) is 0 Å². The number of hydrogen-bond acceptors (Lipinski definition) is 3. The van der Waals surface area contributed by atoms with E-state index in [4.69, 9.17) is 9.84 Å². The molecule has 2 aliphatic rings. The molecule has 2 unspecified atom stereocenters. The van der Waals surface area contributed by atoms with Gasteiger partial charge in [0.2, 0.25) is 5.91 Å². The monoisotopic (exact) mass is 227 g/mol. The van der Waals surface area contributed by atoms with Crippen molar-refractivity contribution in [3.05, 3.63) is 0 Å². The minimum absolute atomic E-state index is 0.0106. The van der Waals surface area contributed by atoms with Gasteiger partial charge in [-0.15, -0.1) is 0 Å². The van der Waals surface area contributed by atoms with Gasteiger partial charge < -0.3 is 15.2 Å². The summed E-state index contributed by atoms with van der Waals surface area (Å²) in [5.74, 6) is 0.125. The van der Waals surface area contributed by atoms with Crippen molar-refractivity contribution in [2.24, 2.45) is 5.92 Å². The zero-order valence-electron chi connectivity index (χ0n) is 9.82. The summed E-state index contributed by atoms with van der Waals surface area (Å²) in [6.45, 7) is 2.84. The Morgan fingerprint density at radius 3 is 2.88 bits per heavy atom. The minimum atomic E-state index is -0.213. The lowest BCUT2D eigenvalue weighted by molar-refractivity contribution is -0.136. The minimum Gasteiger partial charge on any atom is -0.393 e. The van der Waals surface area contributed by atoms with Gasteiger partial charge in [-0.2, -0.15) is 0 Å². The molecule has 2 fully saturated rings. The summed E-state index contributed by atoms with van der Waals surface area (Å²) in [7, 11) is 0. The first kappa shape index (κ1) is 11.9. The van der Waals surface area contributed by atoms with E-state index in [1.165, 1.54) is 0 Å². The van der Waals surface area contributed by atoms with Gasteiger partial charge in [-0.1, -0.05) is 6.92 Å². The van der Waals surface area contributed by atoms with Crippen molar-refractivity contribution in [1.29, 1.82) is 0 Å². The van der Waals surface area contributed by atoms with Crippen molar-refractivity contribution in [3.8, 4) is 0 Å². The predicted octanol–water partition coefficient (Wildman–Crippen LogP) is 0.831. The lowest BCUT2D eigenvalue weighted by Crippen LogP contribution is -2.51. The average Bonchev–Trinajstić information content (AvgIpc) is 2.27.